The lowest BCUT2D eigenvalue weighted by Crippen LogP contribution is -2.42. The summed E-state index contributed by atoms with van der Waals surface area (Å²) in [6.45, 7) is 0. The summed E-state index contributed by atoms with van der Waals surface area (Å²) in [6, 6.07) is 3.43. The first kappa shape index (κ1) is 12.2. The van der Waals surface area contributed by atoms with Crippen LogP contribution in [0, 0.1) is 23.7 Å². The number of carbonyl (C=O) groups excluding carboxylic acids is 1. The molecule has 0 saturated heterocycles. The van der Waals surface area contributed by atoms with E-state index >= 15 is 0 Å². The summed E-state index contributed by atoms with van der Waals surface area (Å²) in [6.07, 6.45) is 8.05. The topological polar surface area (TPSA) is 62.2 Å². The van der Waals surface area contributed by atoms with Crippen LogP contribution in [0.1, 0.15) is 42.6 Å². The molecule has 1 aromatic rings. The minimum absolute atomic E-state index is 0.0353. The SMILES string of the molecule is O=C(N[C@@H]1CC2CC1[C@H]1CCC[C@@H]21)c1ncccc1O. The molecule has 0 spiro atoms. The molecule has 20 heavy (non-hydrogen) atoms. The molecule has 1 aromatic heterocycles. The molecule has 1 amide bonds. The van der Waals surface area contributed by atoms with Crippen LogP contribution in [0.15, 0.2) is 18.3 Å². The molecule has 5 atom stereocenters. The Kier molecular flexibility index (Phi) is 2.72. The fraction of sp³-hybridized carbons (Fsp3) is 0.625. The van der Waals surface area contributed by atoms with Crippen molar-refractivity contribution < 1.29 is 9.90 Å². The van der Waals surface area contributed by atoms with Gasteiger partial charge in [0.15, 0.2) is 5.69 Å². The van der Waals surface area contributed by atoms with Gasteiger partial charge in [0.05, 0.1) is 0 Å². The van der Waals surface area contributed by atoms with Gasteiger partial charge in [0.25, 0.3) is 5.91 Å². The largest absolute Gasteiger partial charge is 0.505 e. The number of aromatic nitrogens is 1. The molecule has 3 fully saturated rings. The highest BCUT2D eigenvalue weighted by molar-refractivity contribution is 5.94. The number of hydrogen-bond acceptors (Lipinski definition) is 3. The van der Waals surface area contributed by atoms with Gasteiger partial charge in [-0.2, -0.15) is 0 Å². The lowest BCUT2D eigenvalue weighted by atomic mass is 9.79. The molecule has 0 aliphatic heterocycles. The maximum atomic E-state index is 12.3. The summed E-state index contributed by atoms with van der Waals surface area (Å²) in [5.41, 5.74) is 0.151. The van der Waals surface area contributed by atoms with Crippen LogP contribution in [-0.4, -0.2) is 22.0 Å². The highest BCUT2D eigenvalue weighted by atomic mass is 16.3. The van der Waals surface area contributed by atoms with Crippen LogP contribution >= 0.6 is 0 Å². The first-order valence-corrected chi connectivity index (χ1v) is 7.69. The van der Waals surface area contributed by atoms with E-state index in [1.807, 2.05) is 0 Å². The van der Waals surface area contributed by atoms with E-state index in [0.717, 1.165) is 24.2 Å². The maximum absolute atomic E-state index is 12.3. The average molecular weight is 272 g/mol. The van der Waals surface area contributed by atoms with E-state index in [1.165, 1.54) is 31.7 Å². The van der Waals surface area contributed by atoms with Gasteiger partial charge in [-0.3, -0.25) is 4.79 Å². The number of amides is 1. The third kappa shape index (κ3) is 1.74. The van der Waals surface area contributed by atoms with Gasteiger partial charge in [0.2, 0.25) is 0 Å². The van der Waals surface area contributed by atoms with Crippen molar-refractivity contribution in [3.63, 3.8) is 0 Å². The summed E-state index contributed by atoms with van der Waals surface area (Å²) in [5, 5.41) is 12.8. The molecule has 3 saturated carbocycles. The molecular formula is C16H20N2O2. The number of rotatable bonds is 2. The monoisotopic (exact) mass is 272 g/mol. The average Bonchev–Trinajstić information content (AvgIpc) is 3.10. The van der Waals surface area contributed by atoms with E-state index in [0.29, 0.717) is 5.92 Å². The number of carbonyl (C=O) groups is 1. The zero-order valence-electron chi connectivity index (χ0n) is 11.5. The summed E-state index contributed by atoms with van der Waals surface area (Å²) < 4.78 is 0. The third-order valence-electron chi connectivity index (χ3n) is 5.75. The normalized spacial score (nSPS) is 37.9. The predicted octanol–water partition coefficient (Wildman–Crippen LogP) is 2.34. The van der Waals surface area contributed by atoms with Gasteiger partial charge in [0, 0.05) is 12.2 Å². The van der Waals surface area contributed by atoms with Gasteiger partial charge in [-0.15, -0.1) is 0 Å². The number of hydrogen-bond donors (Lipinski definition) is 2. The van der Waals surface area contributed by atoms with Crippen molar-refractivity contribution in [1.82, 2.24) is 10.3 Å². The molecule has 2 unspecified atom stereocenters. The zero-order chi connectivity index (χ0) is 13.7. The molecule has 3 aliphatic rings. The number of aromatic hydroxyl groups is 1. The van der Waals surface area contributed by atoms with Crippen molar-refractivity contribution in [3.8, 4) is 5.75 Å². The molecule has 0 aromatic carbocycles. The Hall–Kier alpha value is -1.58. The fourth-order valence-electron chi connectivity index (χ4n) is 5.04. The summed E-state index contributed by atoms with van der Waals surface area (Å²) in [5.74, 6) is 2.97. The predicted molar refractivity (Wildman–Crippen MR) is 74.2 cm³/mol. The Bertz CT molecular complexity index is 545. The van der Waals surface area contributed by atoms with Crippen molar-refractivity contribution in [1.29, 1.82) is 0 Å². The molecule has 2 bridgehead atoms. The van der Waals surface area contributed by atoms with Crippen LogP contribution in [0.5, 0.6) is 5.75 Å². The van der Waals surface area contributed by atoms with Crippen LogP contribution in [0.2, 0.25) is 0 Å². The van der Waals surface area contributed by atoms with E-state index in [9.17, 15) is 9.90 Å². The number of nitrogens with zero attached hydrogens (tertiary/aromatic N) is 1. The number of pyridine rings is 1. The highest BCUT2D eigenvalue weighted by Gasteiger charge is 2.54. The van der Waals surface area contributed by atoms with Gasteiger partial charge in [-0.05, 0) is 61.5 Å². The number of fused-ring (bicyclic) bond motifs is 5. The first-order chi connectivity index (χ1) is 9.74. The first-order valence-electron chi connectivity index (χ1n) is 7.69. The smallest absolute Gasteiger partial charge is 0.273 e. The molecule has 1 heterocycles. The Morgan fingerprint density at radius 1 is 1.25 bits per heavy atom. The van der Waals surface area contributed by atoms with Crippen LogP contribution < -0.4 is 5.32 Å². The van der Waals surface area contributed by atoms with Crippen molar-refractivity contribution >= 4 is 5.91 Å². The Morgan fingerprint density at radius 2 is 2.10 bits per heavy atom. The molecule has 4 heteroatoms. The third-order valence-corrected chi connectivity index (χ3v) is 5.75. The lowest BCUT2D eigenvalue weighted by Gasteiger charge is -2.32. The zero-order valence-corrected chi connectivity index (χ0v) is 11.5. The lowest BCUT2D eigenvalue weighted by molar-refractivity contribution is 0.0893. The molecular weight excluding hydrogens is 252 g/mol. The summed E-state index contributed by atoms with van der Waals surface area (Å²) >= 11 is 0. The van der Waals surface area contributed by atoms with Gasteiger partial charge in [-0.1, -0.05) is 6.42 Å². The molecule has 106 valence electrons. The van der Waals surface area contributed by atoms with E-state index in [4.69, 9.17) is 0 Å². The maximum Gasteiger partial charge on any atom is 0.273 e. The molecule has 4 rings (SSSR count). The van der Waals surface area contributed by atoms with Crippen molar-refractivity contribution in [2.24, 2.45) is 23.7 Å². The summed E-state index contributed by atoms with van der Waals surface area (Å²) in [7, 11) is 0. The minimum atomic E-state index is -0.227. The van der Waals surface area contributed by atoms with E-state index in [-0.39, 0.29) is 23.4 Å². The van der Waals surface area contributed by atoms with Crippen LogP contribution in [-0.2, 0) is 0 Å². The quantitative estimate of drug-likeness (QED) is 0.868. The van der Waals surface area contributed by atoms with Gasteiger partial charge >= 0.3 is 0 Å². The van der Waals surface area contributed by atoms with E-state index in [2.05, 4.69) is 10.3 Å². The van der Waals surface area contributed by atoms with Crippen LogP contribution in [0.3, 0.4) is 0 Å². The second kappa shape index (κ2) is 4.47. The van der Waals surface area contributed by atoms with Gasteiger partial charge in [0.1, 0.15) is 5.75 Å². The second-order valence-corrected chi connectivity index (χ2v) is 6.61. The highest BCUT2D eigenvalue weighted by Crippen LogP contribution is 2.58. The molecule has 3 aliphatic carbocycles. The Labute approximate surface area is 118 Å². The van der Waals surface area contributed by atoms with Crippen molar-refractivity contribution in [2.75, 3.05) is 0 Å². The van der Waals surface area contributed by atoms with Crippen molar-refractivity contribution in [2.45, 2.75) is 38.1 Å². The Morgan fingerprint density at radius 3 is 2.95 bits per heavy atom. The number of nitrogens with one attached hydrogen (secondary N) is 1. The van der Waals surface area contributed by atoms with E-state index in [1.54, 1.807) is 12.3 Å². The summed E-state index contributed by atoms with van der Waals surface area (Å²) in [4.78, 5) is 16.2. The Balaban J connectivity index is 1.48. The molecule has 2 N–H and O–H groups in total. The van der Waals surface area contributed by atoms with Crippen molar-refractivity contribution in [3.05, 3.63) is 24.0 Å². The standard InChI is InChI=1S/C16H20N2O2/c19-14-5-2-6-17-15(14)16(20)18-13-8-9-7-12(13)11-4-1-3-10(9)11/h2,5-6,9-13,19H,1,3-4,7-8H2,(H,18,20)/t9?,10-,11-,12?,13+/m0/s1. The second-order valence-electron chi connectivity index (χ2n) is 6.61. The van der Waals surface area contributed by atoms with Crippen LogP contribution in [0.25, 0.3) is 0 Å². The molecule has 4 nitrogen and oxygen atoms in total. The van der Waals surface area contributed by atoms with Gasteiger partial charge in [-0.25, -0.2) is 4.98 Å². The minimum Gasteiger partial charge on any atom is -0.505 e. The van der Waals surface area contributed by atoms with Gasteiger partial charge < -0.3 is 10.4 Å². The van der Waals surface area contributed by atoms with E-state index < -0.39 is 0 Å². The molecule has 0 radical (unpaired) electrons. The fourth-order valence-corrected chi connectivity index (χ4v) is 5.04. The van der Waals surface area contributed by atoms with Crippen LogP contribution in [0.4, 0.5) is 0 Å².